The minimum atomic E-state index is -1.16. The summed E-state index contributed by atoms with van der Waals surface area (Å²) in [5, 5.41) is 13.5. The van der Waals surface area contributed by atoms with Crippen molar-refractivity contribution in [1.82, 2.24) is 14.7 Å². The van der Waals surface area contributed by atoms with E-state index in [9.17, 15) is 19.5 Å². The highest BCUT2D eigenvalue weighted by atomic mass is 16.4. The quantitative estimate of drug-likeness (QED) is 0.829. The normalized spacial score (nSPS) is 16.5. The van der Waals surface area contributed by atoms with Crippen molar-refractivity contribution in [3.8, 4) is 0 Å². The maximum absolute atomic E-state index is 12.9. The zero-order valence-electron chi connectivity index (χ0n) is 17.3. The molecule has 8 nitrogen and oxygen atoms in total. The summed E-state index contributed by atoms with van der Waals surface area (Å²) < 4.78 is 1.30. The number of ketones is 1. The van der Waals surface area contributed by atoms with Gasteiger partial charge in [-0.2, -0.15) is 5.10 Å². The number of aryl methyl sites for hydroxylation is 2. The van der Waals surface area contributed by atoms with Gasteiger partial charge in [0.15, 0.2) is 11.5 Å². The Morgan fingerprint density at radius 3 is 2.50 bits per heavy atom. The molecule has 4 rings (SSSR count). The van der Waals surface area contributed by atoms with Gasteiger partial charge < -0.3 is 14.9 Å². The molecule has 30 heavy (non-hydrogen) atoms. The molecule has 0 bridgehead atoms. The van der Waals surface area contributed by atoms with Crippen LogP contribution in [0.2, 0.25) is 0 Å². The molecule has 0 spiro atoms. The number of anilines is 1. The van der Waals surface area contributed by atoms with E-state index in [1.807, 2.05) is 0 Å². The van der Waals surface area contributed by atoms with E-state index in [2.05, 4.69) is 42.0 Å². The van der Waals surface area contributed by atoms with Gasteiger partial charge in [-0.1, -0.05) is 17.7 Å². The number of aromatic carboxylic acids is 1. The lowest BCUT2D eigenvalue weighted by Crippen LogP contribution is -2.50. The van der Waals surface area contributed by atoms with Crippen molar-refractivity contribution in [2.45, 2.75) is 39.7 Å². The number of benzene rings is 1. The van der Waals surface area contributed by atoms with E-state index >= 15 is 0 Å². The fraction of sp³-hybridized carbons (Fsp3) is 0.455. The number of amides is 1. The second-order valence-electron chi connectivity index (χ2n) is 8.07. The molecule has 1 aromatic carbocycles. The molecule has 1 amide bonds. The van der Waals surface area contributed by atoms with Crippen LogP contribution in [0.5, 0.6) is 0 Å². The smallest absolute Gasteiger partial charge is 0.356 e. The van der Waals surface area contributed by atoms with Crippen LogP contribution in [-0.2, 0) is 17.8 Å². The fourth-order valence-corrected chi connectivity index (χ4v) is 4.46. The Morgan fingerprint density at radius 2 is 1.83 bits per heavy atom. The lowest BCUT2D eigenvalue weighted by atomic mass is 9.94. The van der Waals surface area contributed by atoms with Crippen molar-refractivity contribution in [3.05, 3.63) is 46.3 Å². The molecular formula is C22H26N4O4. The van der Waals surface area contributed by atoms with Gasteiger partial charge >= 0.3 is 5.97 Å². The maximum Gasteiger partial charge on any atom is 0.356 e. The molecule has 2 heterocycles. The maximum atomic E-state index is 12.9. The number of piperazine rings is 1. The number of hydrogen-bond acceptors (Lipinski definition) is 5. The summed E-state index contributed by atoms with van der Waals surface area (Å²) in [4.78, 5) is 40.8. The number of carboxylic acid groups (broad SMARTS) is 1. The summed E-state index contributed by atoms with van der Waals surface area (Å²) in [5.74, 6) is -1.44. The van der Waals surface area contributed by atoms with Gasteiger partial charge in [-0.25, -0.2) is 4.79 Å². The molecule has 8 heteroatoms. The van der Waals surface area contributed by atoms with Crippen molar-refractivity contribution in [1.29, 1.82) is 0 Å². The number of nitrogens with zero attached hydrogens (tertiary/aromatic N) is 4. The largest absolute Gasteiger partial charge is 0.476 e. The lowest BCUT2D eigenvalue weighted by Gasteiger charge is -2.37. The molecule has 1 fully saturated rings. The Balaban J connectivity index is 1.46. The van der Waals surface area contributed by atoms with E-state index in [1.54, 1.807) is 4.90 Å². The second kappa shape index (κ2) is 7.93. The first-order chi connectivity index (χ1) is 14.3. The van der Waals surface area contributed by atoms with E-state index in [-0.39, 0.29) is 23.9 Å². The molecule has 1 saturated heterocycles. The number of carboxylic acids is 1. The van der Waals surface area contributed by atoms with Crippen molar-refractivity contribution < 1.29 is 19.5 Å². The number of rotatable bonds is 4. The molecule has 1 N–H and O–H groups in total. The summed E-state index contributed by atoms with van der Waals surface area (Å²) in [5.41, 5.74) is 4.28. The van der Waals surface area contributed by atoms with Crippen LogP contribution in [0.25, 0.3) is 0 Å². The predicted molar refractivity (Wildman–Crippen MR) is 111 cm³/mol. The minimum absolute atomic E-state index is 0.106. The van der Waals surface area contributed by atoms with E-state index in [1.165, 1.54) is 21.5 Å². The van der Waals surface area contributed by atoms with Crippen LogP contribution >= 0.6 is 0 Å². The highest BCUT2D eigenvalue weighted by Crippen LogP contribution is 2.25. The standard InChI is InChI=1S/C22H26N4O4/c1-14-6-7-17(15(2)12-14)24-8-10-25(11-9-24)19(28)13-26-21-16(4-3-5-18(21)27)20(23-26)22(29)30/h6-7,12H,3-5,8-11,13H2,1-2H3,(H,29,30). The topological polar surface area (TPSA) is 95.7 Å². The second-order valence-corrected chi connectivity index (χ2v) is 8.07. The SMILES string of the molecule is Cc1ccc(N2CCN(C(=O)Cn3nc(C(=O)O)c4c3C(=O)CCC4)CC2)c(C)c1. The molecule has 0 atom stereocenters. The van der Waals surface area contributed by atoms with E-state index in [0.717, 1.165) is 13.1 Å². The summed E-state index contributed by atoms with van der Waals surface area (Å²) in [6, 6.07) is 6.37. The summed E-state index contributed by atoms with van der Waals surface area (Å²) in [6.45, 7) is 6.67. The lowest BCUT2D eigenvalue weighted by molar-refractivity contribution is -0.132. The van der Waals surface area contributed by atoms with Gasteiger partial charge in [0.05, 0.1) is 0 Å². The van der Waals surface area contributed by atoms with Crippen LogP contribution in [-0.4, -0.2) is 63.6 Å². The summed E-state index contributed by atoms with van der Waals surface area (Å²) in [6.07, 6.45) is 1.48. The number of fused-ring (bicyclic) bond motifs is 1. The average molecular weight is 410 g/mol. The van der Waals surface area contributed by atoms with Crippen molar-refractivity contribution in [3.63, 3.8) is 0 Å². The van der Waals surface area contributed by atoms with Crippen molar-refractivity contribution in [2.75, 3.05) is 31.1 Å². The fourth-order valence-electron chi connectivity index (χ4n) is 4.46. The van der Waals surface area contributed by atoms with Gasteiger partial charge in [-0.3, -0.25) is 14.3 Å². The monoisotopic (exact) mass is 410 g/mol. The molecule has 158 valence electrons. The molecule has 0 unspecified atom stereocenters. The first-order valence-electron chi connectivity index (χ1n) is 10.3. The number of hydrogen-bond donors (Lipinski definition) is 1. The third kappa shape index (κ3) is 3.69. The molecule has 0 saturated carbocycles. The molecule has 2 aromatic rings. The zero-order chi connectivity index (χ0) is 21.4. The molecule has 2 aliphatic rings. The van der Waals surface area contributed by atoms with Crippen LogP contribution in [0, 0.1) is 13.8 Å². The summed E-state index contributed by atoms with van der Waals surface area (Å²) in [7, 11) is 0. The van der Waals surface area contributed by atoms with Crippen molar-refractivity contribution in [2.24, 2.45) is 0 Å². The first kappa shape index (κ1) is 20.1. The molecular weight excluding hydrogens is 384 g/mol. The van der Waals surface area contributed by atoms with Crippen LogP contribution < -0.4 is 4.90 Å². The van der Waals surface area contributed by atoms with Gasteiger partial charge in [0, 0.05) is 43.9 Å². The predicted octanol–water partition coefficient (Wildman–Crippen LogP) is 2.07. The number of aromatic nitrogens is 2. The van der Waals surface area contributed by atoms with Gasteiger partial charge in [-0.05, 0) is 38.3 Å². The molecule has 1 aromatic heterocycles. The molecule has 0 radical (unpaired) electrons. The van der Waals surface area contributed by atoms with Crippen LogP contribution in [0.4, 0.5) is 5.69 Å². The van der Waals surface area contributed by atoms with E-state index in [0.29, 0.717) is 43.6 Å². The minimum Gasteiger partial charge on any atom is -0.476 e. The number of Topliss-reactive ketones (excluding diaryl/α,β-unsaturated/α-hetero) is 1. The third-order valence-electron chi connectivity index (χ3n) is 5.96. The number of carbonyl (C=O) groups is 3. The number of carbonyl (C=O) groups excluding carboxylic acids is 2. The van der Waals surface area contributed by atoms with E-state index < -0.39 is 5.97 Å². The molecule has 1 aliphatic heterocycles. The zero-order valence-corrected chi connectivity index (χ0v) is 17.3. The van der Waals surface area contributed by atoms with Gasteiger partial charge in [-0.15, -0.1) is 0 Å². The molecule has 1 aliphatic carbocycles. The van der Waals surface area contributed by atoms with E-state index in [4.69, 9.17) is 0 Å². The Bertz CT molecular complexity index is 1020. The van der Waals surface area contributed by atoms with Crippen molar-refractivity contribution >= 4 is 23.3 Å². The Morgan fingerprint density at radius 1 is 1.10 bits per heavy atom. The third-order valence-corrected chi connectivity index (χ3v) is 5.96. The Labute approximate surface area is 175 Å². The van der Waals surface area contributed by atoms with Crippen LogP contribution in [0.1, 0.15) is 50.5 Å². The van der Waals surface area contributed by atoms with Gasteiger partial charge in [0.2, 0.25) is 5.91 Å². The first-order valence-corrected chi connectivity index (χ1v) is 10.3. The Hall–Kier alpha value is -3.16. The average Bonchev–Trinajstić information content (AvgIpc) is 3.08. The Kier molecular flexibility index (Phi) is 5.32. The highest BCUT2D eigenvalue weighted by molar-refractivity contribution is 6.00. The summed E-state index contributed by atoms with van der Waals surface area (Å²) >= 11 is 0. The highest BCUT2D eigenvalue weighted by Gasteiger charge is 2.31. The van der Waals surface area contributed by atoms with Gasteiger partial charge in [0.25, 0.3) is 0 Å². The van der Waals surface area contributed by atoms with Gasteiger partial charge in [0.1, 0.15) is 12.2 Å². The van der Waals surface area contributed by atoms with Crippen LogP contribution in [0.3, 0.4) is 0 Å². The van der Waals surface area contributed by atoms with Crippen LogP contribution in [0.15, 0.2) is 18.2 Å².